The highest BCUT2D eigenvalue weighted by molar-refractivity contribution is 6.31. The summed E-state index contributed by atoms with van der Waals surface area (Å²) in [6.07, 6.45) is 1.95. The first-order chi connectivity index (χ1) is 13.2. The van der Waals surface area contributed by atoms with Crippen LogP contribution in [0.25, 0.3) is 0 Å². The molecule has 0 saturated heterocycles. The third-order valence-corrected chi connectivity index (χ3v) is 5.03. The zero-order valence-corrected chi connectivity index (χ0v) is 15.5. The quantitative estimate of drug-likeness (QED) is 0.733. The average Bonchev–Trinajstić information content (AvgIpc) is 2.73. The Morgan fingerprint density at radius 1 is 1.04 bits per heavy atom. The number of hydrogen-bond acceptors (Lipinski definition) is 4. The Hall–Kier alpha value is -2.92. The van der Waals surface area contributed by atoms with Crippen LogP contribution in [0.5, 0.6) is 0 Å². The number of para-hydroxylation sites is 1. The van der Waals surface area contributed by atoms with Gasteiger partial charge in [0.25, 0.3) is 5.91 Å². The molecule has 0 fully saturated rings. The summed E-state index contributed by atoms with van der Waals surface area (Å²) in [5.41, 5.74) is 3.49. The van der Waals surface area contributed by atoms with Gasteiger partial charge in [-0.3, -0.25) is 4.79 Å². The molecule has 2 heterocycles. The van der Waals surface area contributed by atoms with Crippen LogP contribution in [0.3, 0.4) is 0 Å². The fourth-order valence-corrected chi connectivity index (χ4v) is 3.45. The van der Waals surface area contributed by atoms with Gasteiger partial charge in [-0.1, -0.05) is 48.0 Å². The second-order valence-corrected chi connectivity index (χ2v) is 6.85. The number of aryl methyl sites for hydroxylation is 1. The van der Waals surface area contributed by atoms with Gasteiger partial charge in [0.1, 0.15) is 5.82 Å². The van der Waals surface area contributed by atoms with E-state index in [1.807, 2.05) is 42.5 Å². The summed E-state index contributed by atoms with van der Waals surface area (Å²) in [6.45, 7) is 1.24. The van der Waals surface area contributed by atoms with Gasteiger partial charge in [-0.2, -0.15) is 0 Å². The van der Waals surface area contributed by atoms with E-state index in [1.54, 1.807) is 17.0 Å². The van der Waals surface area contributed by atoms with Crippen LogP contribution >= 0.6 is 11.6 Å². The number of aromatic nitrogens is 2. The molecule has 3 aromatic rings. The lowest BCUT2D eigenvalue weighted by Gasteiger charge is -2.29. The summed E-state index contributed by atoms with van der Waals surface area (Å²) < 4.78 is 0. The Balaban J connectivity index is 1.46. The van der Waals surface area contributed by atoms with E-state index < -0.39 is 0 Å². The predicted molar refractivity (Wildman–Crippen MR) is 107 cm³/mol. The second-order valence-electron chi connectivity index (χ2n) is 6.44. The van der Waals surface area contributed by atoms with Crippen molar-refractivity contribution in [3.05, 3.63) is 82.5 Å². The van der Waals surface area contributed by atoms with Crippen molar-refractivity contribution in [1.82, 2.24) is 10.2 Å². The molecule has 6 heteroatoms. The SMILES string of the molecule is O=C(c1ccc(NCc2ccccc2Cl)nn1)N1CCCc2ccccc21. The van der Waals surface area contributed by atoms with Crippen molar-refractivity contribution in [1.29, 1.82) is 0 Å². The molecule has 0 saturated carbocycles. The van der Waals surface area contributed by atoms with Gasteiger partial charge in [-0.05, 0) is 48.2 Å². The number of halogens is 1. The molecule has 1 aliphatic heterocycles. The molecule has 0 radical (unpaired) electrons. The first-order valence-corrected chi connectivity index (χ1v) is 9.31. The van der Waals surface area contributed by atoms with Gasteiger partial charge in [0.2, 0.25) is 0 Å². The van der Waals surface area contributed by atoms with E-state index in [9.17, 15) is 4.79 Å². The molecular weight excluding hydrogens is 360 g/mol. The van der Waals surface area contributed by atoms with Gasteiger partial charge in [0.15, 0.2) is 5.69 Å². The van der Waals surface area contributed by atoms with E-state index in [2.05, 4.69) is 21.6 Å². The third-order valence-electron chi connectivity index (χ3n) is 4.66. The Morgan fingerprint density at radius 2 is 1.85 bits per heavy atom. The minimum Gasteiger partial charge on any atom is -0.364 e. The summed E-state index contributed by atoms with van der Waals surface area (Å²) in [4.78, 5) is 14.7. The van der Waals surface area contributed by atoms with Crippen molar-refractivity contribution in [3.63, 3.8) is 0 Å². The van der Waals surface area contributed by atoms with E-state index >= 15 is 0 Å². The van der Waals surface area contributed by atoms with Crippen LogP contribution in [-0.4, -0.2) is 22.6 Å². The van der Waals surface area contributed by atoms with Crippen molar-refractivity contribution >= 4 is 29.0 Å². The number of carbonyl (C=O) groups is 1. The molecule has 0 spiro atoms. The molecule has 0 aliphatic carbocycles. The Labute approximate surface area is 163 Å². The minimum absolute atomic E-state index is 0.118. The van der Waals surface area contributed by atoms with Crippen LogP contribution in [0, 0.1) is 0 Å². The molecule has 136 valence electrons. The molecule has 0 unspecified atom stereocenters. The molecule has 27 heavy (non-hydrogen) atoms. The number of anilines is 2. The fraction of sp³-hybridized carbons (Fsp3) is 0.190. The van der Waals surface area contributed by atoms with Crippen molar-refractivity contribution < 1.29 is 4.79 Å². The number of nitrogens with zero attached hydrogens (tertiary/aromatic N) is 3. The second kappa shape index (κ2) is 7.76. The molecule has 1 aliphatic rings. The smallest absolute Gasteiger partial charge is 0.278 e. The van der Waals surface area contributed by atoms with Crippen LogP contribution in [0.4, 0.5) is 11.5 Å². The van der Waals surface area contributed by atoms with Gasteiger partial charge < -0.3 is 10.2 Å². The normalized spacial score (nSPS) is 13.1. The monoisotopic (exact) mass is 378 g/mol. The topological polar surface area (TPSA) is 58.1 Å². The van der Waals surface area contributed by atoms with Crippen LogP contribution in [-0.2, 0) is 13.0 Å². The predicted octanol–water partition coefficient (Wildman–Crippen LogP) is 4.34. The summed E-state index contributed by atoms with van der Waals surface area (Å²) in [6, 6.07) is 19.1. The molecule has 1 amide bonds. The number of fused-ring (bicyclic) bond motifs is 1. The molecule has 0 bridgehead atoms. The molecular formula is C21H19ClN4O. The Bertz CT molecular complexity index is 958. The van der Waals surface area contributed by atoms with E-state index in [1.165, 1.54) is 5.56 Å². The standard InChI is InChI=1S/C21H19ClN4O/c22-17-9-3-1-7-16(17)14-23-20-12-11-18(24-25-20)21(27)26-13-5-8-15-6-2-4-10-19(15)26/h1-4,6-7,9-12H,5,8,13-14H2,(H,23,25). The molecule has 1 aromatic heterocycles. The van der Waals surface area contributed by atoms with Gasteiger partial charge >= 0.3 is 0 Å². The third kappa shape index (κ3) is 3.78. The largest absolute Gasteiger partial charge is 0.364 e. The zero-order chi connectivity index (χ0) is 18.6. The minimum atomic E-state index is -0.118. The Kier molecular flexibility index (Phi) is 5.03. The first-order valence-electron chi connectivity index (χ1n) is 8.93. The van der Waals surface area contributed by atoms with E-state index in [0.29, 0.717) is 29.6 Å². The number of rotatable bonds is 4. The maximum Gasteiger partial charge on any atom is 0.278 e. The number of nitrogens with one attached hydrogen (secondary N) is 1. The number of hydrogen-bond donors (Lipinski definition) is 1. The van der Waals surface area contributed by atoms with Crippen molar-refractivity contribution in [2.24, 2.45) is 0 Å². The first kappa shape index (κ1) is 17.5. The lowest BCUT2D eigenvalue weighted by Crippen LogP contribution is -2.36. The highest BCUT2D eigenvalue weighted by Gasteiger charge is 2.24. The van der Waals surface area contributed by atoms with Crippen LogP contribution in [0.2, 0.25) is 5.02 Å². The molecule has 1 N–H and O–H groups in total. The van der Waals surface area contributed by atoms with Gasteiger partial charge in [0.05, 0.1) is 0 Å². The average molecular weight is 379 g/mol. The van der Waals surface area contributed by atoms with Crippen LogP contribution < -0.4 is 10.2 Å². The van der Waals surface area contributed by atoms with E-state index in [-0.39, 0.29) is 5.91 Å². The van der Waals surface area contributed by atoms with Gasteiger partial charge in [-0.25, -0.2) is 0 Å². The summed E-state index contributed by atoms with van der Waals surface area (Å²) >= 11 is 6.16. The van der Waals surface area contributed by atoms with Gasteiger partial charge in [0, 0.05) is 23.8 Å². The maximum absolute atomic E-state index is 12.9. The summed E-state index contributed by atoms with van der Waals surface area (Å²) in [5, 5.41) is 12.2. The molecule has 4 rings (SSSR count). The number of carbonyl (C=O) groups excluding carboxylic acids is 1. The van der Waals surface area contributed by atoms with Crippen LogP contribution in [0.1, 0.15) is 28.0 Å². The zero-order valence-electron chi connectivity index (χ0n) is 14.7. The van der Waals surface area contributed by atoms with E-state index in [0.717, 1.165) is 24.1 Å². The van der Waals surface area contributed by atoms with Crippen molar-refractivity contribution in [2.75, 3.05) is 16.8 Å². The van der Waals surface area contributed by atoms with Crippen LogP contribution in [0.15, 0.2) is 60.7 Å². The molecule has 2 aromatic carbocycles. The molecule has 0 atom stereocenters. The Morgan fingerprint density at radius 3 is 2.67 bits per heavy atom. The van der Waals surface area contributed by atoms with Crippen molar-refractivity contribution in [3.8, 4) is 0 Å². The lowest BCUT2D eigenvalue weighted by molar-refractivity contribution is 0.0979. The number of benzene rings is 2. The van der Waals surface area contributed by atoms with Gasteiger partial charge in [-0.15, -0.1) is 10.2 Å². The lowest BCUT2D eigenvalue weighted by atomic mass is 10.0. The van der Waals surface area contributed by atoms with Crippen molar-refractivity contribution in [2.45, 2.75) is 19.4 Å². The summed E-state index contributed by atoms with van der Waals surface area (Å²) in [7, 11) is 0. The number of amides is 1. The summed E-state index contributed by atoms with van der Waals surface area (Å²) in [5.74, 6) is 0.484. The highest BCUT2D eigenvalue weighted by Crippen LogP contribution is 2.27. The molecule has 5 nitrogen and oxygen atoms in total. The highest BCUT2D eigenvalue weighted by atomic mass is 35.5. The fourth-order valence-electron chi connectivity index (χ4n) is 3.25. The van der Waals surface area contributed by atoms with E-state index in [4.69, 9.17) is 11.6 Å². The maximum atomic E-state index is 12.9.